The molecule has 0 aliphatic carbocycles. The molecule has 0 radical (unpaired) electrons. The van der Waals surface area contributed by atoms with Crippen LogP contribution in [-0.2, 0) is 11.8 Å². The Morgan fingerprint density at radius 3 is 3.04 bits per heavy atom. The molecule has 1 N–H and O–H groups in total. The second-order valence-corrected chi connectivity index (χ2v) is 6.63. The van der Waals surface area contributed by atoms with Crippen molar-refractivity contribution in [2.75, 3.05) is 24.5 Å². The van der Waals surface area contributed by atoms with Gasteiger partial charge in [0.25, 0.3) is 0 Å². The van der Waals surface area contributed by atoms with Gasteiger partial charge in [0.2, 0.25) is 5.91 Å². The molecular formula is C16H24N6O. The van der Waals surface area contributed by atoms with Crippen LogP contribution in [0.4, 0.5) is 5.82 Å². The van der Waals surface area contributed by atoms with E-state index in [4.69, 9.17) is 0 Å². The molecule has 1 saturated heterocycles. The van der Waals surface area contributed by atoms with Crippen LogP contribution in [0, 0.1) is 11.8 Å². The van der Waals surface area contributed by atoms with E-state index in [1.54, 1.807) is 17.2 Å². The molecule has 124 valence electrons. The maximum Gasteiger partial charge on any atom is 0.224 e. The molecule has 0 saturated carbocycles. The van der Waals surface area contributed by atoms with Gasteiger partial charge in [-0.2, -0.15) is 5.10 Å². The van der Waals surface area contributed by atoms with Crippen LogP contribution in [0.5, 0.6) is 0 Å². The molecule has 7 heteroatoms. The fourth-order valence-corrected chi connectivity index (χ4v) is 3.03. The highest BCUT2D eigenvalue weighted by molar-refractivity contribution is 5.87. The molecule has 1 fully saturated rings. The highest BCUT2D eigenvalue weighted by Crippen LogP contribution is 2.27. The Bertz CT molecular complexity index is 695. The van der Waals surface area contributed by atoms with E-state index in [-0.39, 0.29) is 11.8 Å². The summed E-state index contributed by atoms with van der Waals surface area (Å²) in [7, 11) is 1.87. The van der Waals surface area contributed by atoms with Gasteiger partial charge in [0.15, 0.2) is 5.65 Å². The normalized spacial score (nSPS) is 18.6. The topological polar surface area (TPSA) is 75.9 Å². The van der Waals surface area contributed by atoms with E-state index >= 15 is 0 Å². The zero-order valence-electron chi connectivity index (χ0n) is 14.0. The lowest BCUT2D eigenvalue weighted by atomic mass is 9.96. The molecule has 2 aromatic heterocycles. The second-order valence-electron chi connectivity index (χ2n) is 6.63. The Morgan fingerprint density at radius 2 is 2.26 bits per heavy atom. The minimum Gasteiger partial charge on any atom is -0.356 e. The number of rotatable bonds is 4. The lowest BCUT2D eigenvalue weighted by molar-refractivity contribution is -0.125. The zero-order valence-corrected chi connectivity index (χ0v) is 14.0. The van der Waals surface area contributed by atoms with Gasteiger partial charge in [-0.05, 0) is 18.8 Å². The van der Waals surface area contributed by atoms with Crippen LogP contribution in [0.3, 0.4) is 0 Å². The Kier molecular flexibility index (Phi) is 4.45. The Balaban J connectivity index is 1.76. The van der Waals surface area contributed by atoms with E-state index in [2.05, 4.69) is 39.1 Å². The first-order valence-electron chi connectivity index (χ1n) is 8.21. The third-order valence-corrected chi connectivity index (χ3v) is 4.28. The first-order chi connectivity index (χ1) is 11.1. The van der Waals surface area contributed by atoms with Crippen molar-refractivity contribution in [2.45, 2.75) is 26.7 Å². The third-order valence-electron chi connectivity index (χ3n) is 4.28. The van der Waals surface area contributed by atoms with Gasteiger partial charge in [-0.3, -0.25) is 9.48 Å². The van der Waals surface area contributed by atoms with Gasteiger partial charge in [0.1, 0.15) is 12.1 Å². The number of amides is 1. The highest BCUT2D eigenvalue weighted by atomic mass is 16.1. The number of aryl methyl sites for hydroxylation is 1. The first-order valence-corrected chi connectivity index (χ1v) is 8.21. The minimum absolute atomic E-state index is 0.0178. The molecule has 3 heterocycles. The molecule has 2 aromatic rings. The number of hydrogen-bond acceptors (Lipinski definition) is 5. The molecule has 1 amide bonds. The van der Waals surface area contributed by atoms with E-state index in [0.29, 0.717) is 12.5 Å². The van der Waals surface area contributed by atoms with E-state index in [1.807, 2.05) is 7.05 Å². The number of piperidine rings is 1. The van der Waals surface area contributed by atoms with Crippen LogP contribution in [0.2, 0.25) is 0 Å². The number of nitrogens with zero attached hydrogens (tertiary/aromatic N) is 5. The van der Waals surface area contributed by atoms with Crippen molar-refractivity contribution >= 4 is 22.8 Å². The first kappa shape index (κ1) is 15.7. The van der Waals surface area contributed by atoms with Gasteiger partial charge < -0.3 is 10.2 Å². The van der Waals surface area contributed by atoms with Crippen LogP contribution in [-0.4, -0.2) is 45.3 Å². The van der Waals surface area contributed by atoms with Crippen LogP contribution >= 0.6 is 0 Å². The van der Waals surface area contributed by atoms with E-state index in [9.17, 15) is 4.79 Å². The van der Waals surface area contributed by atoms with E-state index < -0.39 is 0 Å². The number of anilines is 1. The molecule has 7 nitrogen and oxygen atoms in total. The van der Waals surface area contributed by atoms with Gasteiger partial charge in [-0.1, -0.05) is 13.8 Å². The van der Waals surface area contributed by atoms with Crippen LogP contribution in [0.25, 0.3) is 11.0 Å². The average molecular weight is 316 g/mol. The number of hydrogen-bond donors (Lipinski definition) is 1. The summed E-state index contributed by atoms with van der Waals surface area (Å²) in [6, 6.07) is 0. The largest absolute Gasteiger partial charge is 0.356 e. The predicted molar refractivity (Wildman–Crippen MR) is 89.1 cm³/mol. The predicted octanol–water partition coefficient (Wildman–Crippen LogP) is 1.35. The van der Waals surface area contributed by atoms with Crippen molar-refractivity contribution in [1.82, 2.24) is 25.1 Å². The van der Waals surface area contributed by atoms with Crippen molar-refractivity contribution in [1.29, 1.82) is 0 Å². The van der Waals surface area contributed by atoms with Gasteiger partial charge in [0, 0.05) is 26.7 Å². The fourth-order valence-electron chi connectivity index (χ4n) is 3.03. The van der Waals surface area contributed by atoms with Crippen LogP contribution in [0.15, 0.2) is 12.5 Å². The molecule has 0 unspecified atom stereocenters. The summed E-state index contributed by atoms with van der Waals surface area (Å²) in [5, 5.41) is 8.26. The van der Waals surface area contributed by atoms with Gasteiger partial charge >= 0.3 is 0 Å². The van der Waals surface area contributed by atoms with Crippen molar-refractivity contribution in [3.63, 3.8) is 0 Å². The Morgan fingerprint density at radius 1 is 1.43 bits per heavy atom. The van der Waals surface area contributed by atoms with Crippen molar-refractivity contribution < 1.29 is 4.79 Å². The van der Waals surface area contributed by atoms with E-state index in [1.165, 1.54) is 0 Å². The Labute approximate surface area is 136 Å². The Hall–Kier alpha value is -2.18. The summed E-state index contributed by atoms with van der Waals surface area (Å²) in [6.07, 6.45) is 5.29. The van der Waals surface area contributed by atoms with Gasteiger partial charge in [0.05, 0.1) is 17.5 Å². The number of carbonyl (C=O) groups is 1. The summed E-state index contributed by atoms with van der Waals surface area (Å²) in [5.74, 6) is 1.52. The molecule has 0 spiro atoms. The van der Waals surface area contributed by atoms with Crippen LogP contribution < -0.4 is 10.2 Å². The lowest BCUT2D eigenvalue weighted by Crippen LogP contribution is -2.44. The lowest BCUT2D eigenvalue weighted by Gasteiger charge is -2.33. The standard InChI is InChI=1S/C16H24N6O/c1-11(2)7-17-16(23)12-5-4-6-22(9-12)15-13-8-20-21(3)14(13)18-10-19-15/h8,10-12H,4-7,9H2,1-3H3,(H,17,23)/t12-/m1/s1. The molecule has 3 rings (SSSR count). The molecule has 1 aliphatic heterocycles. The van der Waals surface area contributed by atoms with Crippen LogP contribution in [0.1, 0.15) is 26.7 Å². The summed E-state index contributed by atoms with van der Waals surface area (Å²) in [6.45, 7) is 6.55. The minimum atomic E-state index is 0.0178. The summed E-state index contributed by atoms with van der Waals surface area (Å²) in [5.41, 5.74) is 0.821. The number of nitrogens with one attached hydrogen (secondary N) is 1. The quantitative estimate of drug-likeness (QED) is 0.921. The van der Waals surface area contributed by atoms with Crippen molar-refractivity contribution in [3.8, 4) is 0 Å². The maximum absolute atomic E-state index is 12.4. The number of carbonyl (C=O) groups excluding carboxylic acids is 1. The molecule has 23 heavy (non-hydrogen) atoms. The summed E-state index contributed by atoms with van der Waals surface area (Å²) >= 11 is 0. The van der Waals surface area contributed by atoms with Gasteiger partial charge in [-0.15, -0.1) is 0 Å². The monoisotopic (exact) mass is 316 g/mol. The SMILES string of the molecule is CC(C)CNC(=O)[C@@H]1CCCN(c2ncnc3c2cnn3C)C1. The van der Waals surface area contributed by atoms with Crippen molar-refractivity contribution in [3.05, 3.63) is 12.5 Å². The maximum atomic E-state index is 12.4. The molecule has 1 aliphatic rings. The molecule has 0 aromatic carbocycles. The number of aromatic nitrogens is 4. The highest BCUT2D eigenvalue weighted by Gasteiger charge is 2.27. The molecule has 1 atom stereocenters. The molecular weight excluding hydrogens is 292 g/mol. The van der Waals surface area contributed by atoms with E-state index in [0.717, 1.165) is 42.8 Å². The summed E-state index contributed by atoms with van der Waals surface area (Å²) in [4.78, 5) is 23.3. The third kappa shape index (κ3) is 3.28. The van der Waals surface area contributed by atoms with Crippen molar-refractivity contribution in [2.24, 2.45) is 18.9 Å². The molecule has 0 bridgehead atoms. The number of fused-ring (bicyclic) bond motifs is 1. The zero-order chi connectivity index (χ0) is 16.4. The van der Waals surface area contributed by atoms with Gasteiger partial charge in [-0.25, -0.2) is 9.97 Å². The average Bonchev–Trinajstić information content (AvgIpc) is 2.94. The second kappa shape index (κ2) is 6.52. The summed E-state index contributed by atoms with van der Waals surface area (Å²) < 4.78 is 1.75. The fraction of sp³-hybridized carbons (Fsp3) is 0.625. The smallest absolute Gasteiger partial charge is 0.224 e.